The minimum Gasteiger partial charge on any atom is -0.496 e. The average Bonchev–Trinajstić information content (AvgIpc) is 3.08. The molecule has 0 saturated carbocycles. The lowest BCUT2D eigenvalue weighted by Gasteiger charge is -2.12. The fourth-order valence-corrected chi connectivity index (χ4v) is 2.57. The highest BCUT2D eigenvalue weighted by Crippen LogP contribution is 2.36. The van der Waals surface area contributed by atoms with Gasteiger partial charge in [0.15, 0.2) is 17.2 Å². The van der Waals surface area contributed by atoms with Crippen molar-refractivity contribution in [1.82, 2.24) is 0 Å². The first-order chi connectivity index (χ1) is 13.5. The van der Waals surface area contributed by atoms with Gasteiger partial charge in [-0.2, -0.15) is 0 Å². The normalized spacial score (nSPS) is 14.5. The Morgan fingerprint density at radius 2 is 1.61 bits per heavy atom. The van der Waals surface area contributed by atoms with Crippen LogP contribution in [0.15, 0.2) is 47.1 Å². The van der Waals surface area contributed by atoms with Gasteiger partial charge >= 0.3 is 5.97 Å². The second-order valence-corrected chi connectivity index (χ2v) is 5.59. The Morgan fingerprint density at radius 3 is 2.18 bits per heavy atom. The van der Waals surface area contributed by atoms with Crippen LogP contribution in [0.1, 0.15) is 11.1 Å². The summed E-state index contributed by atoms with van der Waals surface area (Å²) < 4.78 is 21.0. The smallest absolute Gasteiger partial charge is 0.363 e. The van der Waals surface area contributed by atoms with Crippen molar-refractivity contribution in [1.29, 1.82) is 0 Å². The standard InChI is InChI=1S/C19H16N2O7/c1-25-15-10-17(27-3)16(26-2)9-12(15)8-14-19(22)28-18(20-14)11-4-6-13(7-5-11)21(23)24/h4-10H,1-3H3/b14-8-. The number of nitro benzene ring substituents is 1. The second-order valence-electron chi connectivity index (χ2n) is 5.59. The van der Waals surface area contributed by atoms with E-state index in [0.717, 1.165) is 0 Å². The fraction of sp³-hybridized carbons (Fsp3) is 0.158. The van der Waals surface area contributed by atoms with Gasteiger partial charge in [0.2, 0.25) is 5.90 Å². The summed E-state index contributed by atoms with van der Waals surface area (Å²) in [5.74, 6) is 0.805. The van der Waals surface area contributed by atoms with E-state index in [1.807, 2.05) is 0 Å². The summed E-state index contributed by atoms with van der Waals surface area (Å²) >= 11 is 0. The molecule has 0 radical (unpaired) electrons. The second kappa shape index (κ2) is 7.78. The molecular weight excluding hydrogens is 368 g/mol. The van der Waals surface area contributed by atoms with E-state index >= 15 is 0 Å². The number of methoxy groups -OCH3 is 3. The van der Waals surface area contributed by atoms with Crippen LogP contribution in [0.5, 0.6) is 17.2 Å². The molecule has 0 amide bonds. The van der Waals surface area contributed by atoms with E-state index in [2.05, 4.69) is 4.99 Å². The van der Waals surface area contributed by atoms with Gasteiger partial charge in [0.1, 0.15) is 5.75 Å². The van der Waals surface area contributed by atoms with Gasteiger partial charge in [-0.3, -0.25) is 10.1 Å². The Morgan fingerprint density at radius 1 is 1.00 bits per heavy atom. The molecule has 0 bridgehead atoms. The Bertz CT molecular complexity index is 994. The van der Waals surface area contributed by atoms with Gasteiger partial charge in [0.25, 0.3) is 5.69 Å². The minimum absolute atomic E-state index is 0.0545. The SMILES string of the molecule is COc1cc(OC)c(OC)cc1/C=C1\N=C(c2ccc([N+](=O)[O-])cc2)OC1=O. The van der Waals surface area contributed by atoms with E-state index < -0.39 is 10.9 Å². The first-order valence-corrected chi connectivity index (χ1v) is 8.04. The van der Waals surface area contributed by atoms with Gasteiger partial charge in [-0.25, -0.2) is 9.79 Å². The zero-order chi connectivity index (χ0) is 20.3. The number of nitrogens with zero attached hydrogens (tertiary/aromatic N) is 2. The number of carbonyl (C=O) groups excluding carboxylic acids is 1. The summed E-state index contributed by atoms with van der Waals surface area (Å²) in [6.07, 6.45) is 1.50. The Labute approximate surface area is 160 Å². The molecule has 0 saturated heterocycles. The molecule has 1 heterocycles. The van der Waals surface area contributed by atoms with Crippen molar-refractivity contribution >= 4 is 23.6 Å². The van der Waals surface area contributed by atoms with Crippen LogP contribution >= 0.6 is 0 Å². The largest absolute Gasteiger partial charge is 0.496 e. The molecular formula is C19H16N2O7. The number of ether oxygens (including phenoxy) is 4. The van der Waals surface area contributed by atoms with Crippen LogP contribution < -0.4 is 14.2 Å². The summed E-state index contributed by atoms with van der Waals surface area (Å²) in [5, 5.41) is 10.7. The van der Waals surface area contributed by atoms with E-state index in [0.29, 0.717) is 28.4 Å². The number of nitro groups is 1. The Hall–Kier alpha value is -3.88. The molecule has 0 unspecified atom stereocenters. The van der Waals surface area contributed by atoms with Crippen LogP contribution in [-0.4, -0.2) is 38.1 Å². The summed E-state index contributed by atoms with van der Waals surface area (Å²) in [6, 6.07) is 8.83. The number of benzene rings is 2. The molecule has 28 heavy (non-hydrogen) atoms. The van der Waals surface area contributed by atoms with Crippen molar-refractivity contribution in [2.75, 3.05) is 21.3 Å². The number of cyclic esters (lactones) is 1. The van der Waals surface area contributed by atoms with Crippen LogP contribution in [0.3, 0.4) is 0 Å². The lowest BCUT2D eigenvalue weighted by Crippen LogP contribution is -2.05. The zero-order valence-corrected chi connectivity index (χ0v) is 15.3. The summed E-state index contributed by atoms with van der Waals surface area (Å²) in [5.41, 5.74) is 0.973. The first-order valence-electron chi connectivity index (χ1n) is 8.04. The molecule has 9 heteroatoms. The maximum atomic E-state index is 12.2. The number of carbonyl (C=O) groups is 1. The molecule has 2 aromatic rings. The Kier molecular flexibility index (Phi) is 5.25. The molecule has 0 spiro atoms. The van der Waals surface area contributed by atoms with Crippen LogP contribution in [0.25, 0.3) is 6.08 Å². The van der Waals surface area contributed by atoms with E-state index in [-0.39, 0.29) is 17.3 Å². The Balaban J connectivity index is 1.98. The van der Waals surface area contributed by atoms with Gasteiger partial charge in [-0.05, 0) is 24.3 Å². The lowest BCUT2D eigenvalue weighted by molar-refractivity contribution is -0.384. The molecule has 0 N–H and O–H groups in total. The number of non-ortho nitro benzene ring substituents is 1. The number of hydrogen-bond acceptors (Lipinski definition) is 8. The van der Waals surface area contributed by atoms with Crippen LogP contribution in [0.4, 0.5) is 5.69 Å². The van der Waals surface area contributed by atoms with Gasteiger partial charge < -0.3 is 18.9 Å². The van der Waals surface area contributed by atoms with Gasteiger partial charge in [0.05, 0.1) is 26.3 Å². The summed E-state index contributed by atoms with van der Waals surface area (Å²) in [7, 11) is 4.49. The third kappa shape index (κ3) is 3.63. The molecule has 144 valence electrons. The molecule has 1 aliphatic rings. The van der Waals surface area contributed by atoms with Crippen LogP contribution in [-0.2, 0) is 9.53 Å². The van der Waals surface area contributed by atoms with E-state index in [1.165, 1.54) is 51.7 Å². The number of rotatable bonds is 6. The molecule has 3 rings (SSSR count). The van der Waals surface area contributed by atoms with Crippen LogP contribution in [0.2, 0.25) is 0 Å². The predicted molar refractivity (Wildman–Crippen MR) is 99.8 cm³/mol. The summed E-state index contributed by atoms with van der Waals surface area (Å²) in [6.45, 7) is 0. The minimum atomic E-state index is -0.648. The highest BCUT2D eigenvalue weighted by molar-refractivity contribution is 6.13. The van der Waals surface area contributed by atoms with E-state index in [4.69, 9.17) is 18.9 Å². The maximum absolute atomic E-state index is 12.2. The third-order valence-electron chi connectivity index (χ3n) is 3.97. The van der Waals surface area contributed by atoms with Gasteiger partial charge in [-0.15, -0.1) is 0 Å². The molecule has 0 fully saturated rings. The highest BCUT2D eigenvalue weighted by atomic mass is 16.6. The topological polar surface area (TPSA) is 109 Å². The van der Waals surface area contributed by atoms with Crippen molar-refractivity contribution in [3.05, 3.63) is 63.3 Å². The number of aliphatic imine (C=N–C) groups is 1. The van der Waals surface area contributed by atoms with Crippen molar-refractivity contribution in [3.63, 3.8) is 0 Å². The first kappa shape index (κ1) is 18.9. The van der Waals surface area contributed by atoms with E-state index in [1.54, 1.807) is 12.1 Å². The zero-order valence-electron chi connectivity index (χ0n) is 15.3. The van der Waals surface area contributed by atoms with Gasteiger partial charge in [0, 0.05) is 29.3 Å². The molecule has 0 atom stereocenters. The molecule has 1 aliphatic heterocycles. The van der Waals surface area contributed by atoms with Crippen molar-refractivity contribution in [2.24, 2.45) is 4.99 Å². The van der Waals surface area contributed by atoms with E-state index in [9.17, 15) is 14.9 Å². The quantitative estimate of drug-likeness (QED) is 0.326. The summed E-state index contributed by atoms with van der Waals surface area (Å²) in [4.78, 5) is 26.6. The molecule has 0 aliphatic carbocycles. The third-order valence-corrected chi connectivity index (χ3v) is 3.97. The van der Waals surface area contributed by atoms with Crippen molar-refractivity contribution in [2.45, 2.75) is 0 Å². The van der Waals surface area contributed by atoms with Gasteiger partial charge in [-0.1, -0.05) is 0 Å². The lowest BCUT2D eigenvalue weighted by atomic mass is 10.1. The fourth-order valence-electron chi connectivity index (χ4n) is 2.57. The average molecular weight is 384 g/mol. The highest BCUT2D eigenvalue weighted by Gasteiger charge is 2.25. The number of esters is 1. The predicted octanol–water partition coefficient (Wildman–Crippen LogP) is 2.97. The molecule has 0 aromatic heterocycles. The van der Waals surface area contributed by atoms with Crippen molar-refractivity contribution in [3.8, 4) is 17.2 Å². The molecule has 2 aromatic carbocycles. The monoisotopic (exact) mass is 384 g/mol. The van der Waals surface area contributed by atoms with Crippen LogP contribution in [0, 0.1) is 10.1 Å². The maximum Gasteiger partial charge on any atom is 0.363 e. The molecule has 9 nitrogen and oxygen atoms in total. The number of hydrogen-bond donors (Lipinski definition) is 0. The van der Waals surface area contributed by atoms with Crippen molar-refractivity contribution < 1.29 is 28.7 Å².